The van der Waals surface area contributed by atoms with Gasteiger partial charge in [0.2, 0.25) is 0 Å². The maximum atomic E-state index is 14.9. The summed E-state index contributed by atoms with van der Waals surface area (Å²) in [6, 6.07) is 13.4. The van der Waals surface area contributed by atoms with Gasteiger partial charge in [-0.3, -0.25) is 9.59 Å². The minimum Gasteiger partial charge on any atom is -0.320 e. The Balaban J connectivity index is 1.93. The van der Waals surface area contributed by atoms with Crippen LogP contribution in [0.1, 0.15) is 31.8 Å². The van der Waals surface area contributed by atoms with Crippen molar-refractivity contribution in [1.29, 1.82) is 5.26 Å². The largest absolute Gasteiger partial charge is 0.457 e. The topological polar surface area (TPSA) is 73.2 Å². The maximum absolute atomic E-state index is 14.9. The fourth-order valence-corrected chi connectivity index (χ4v) is 5.69. The molecule has 0 aliphatic rings. The highest BCUT2D eigenvalue weighted by Gasteiger charge is 2.81. The van der Waals surface area contributed by atoms with Crippen molar-refractivity contribution >= 4 is 68.4 Å². The van der Waals surface area contributed by atoms with Crippen molar-refractivity contribution in [2.45, 2.75) is 23.9 Å². The summed E-state index contributed by atoms with van der Waals surface area (Å²) in [5.41, 5.74) is -7.68. The van der Waals surface area contributed by atoms with E-state index in [9.17, 15) is 49.1 Å². The number of nitrogens with one attached hydrogen (secondary N) is 1. The molecule has 0 aromatic heterocycles. The number of carbonyl (C=O) groups is 2. The zero-order valence-electron chi connectivity index (χ0n) is 20.6. The molecule has 0 heterocycles. The van der Waals surface area contributed by atoms with Gasteiger partial charge >= 0.3 is 23.9 Å². The summed E-state index contributed by atoms with van der Waals surface area (Å²) >= 11 is 2.53. The Morgan fingerprint density at radius 3 is 1.83 bits per heavy atom. The molecule has 5 nitrogen and oxygen atoms in total. The summed E-state index contributed by atoms with van der Waals surface area (Å²) in [4.78, 5) is 27.0. The molecule has 16 heteroatoms. The highest BCUT2D eigenvalue weighted by molar-refractivity contribution is 14.1. The van der Waals surface area contributed by atoms with E-state index in [1.165, 1.54) is 106 Å². The molecule has 0 fully saturated rings. The van der Waals surface area contributed by atoms with E-state index in [1.807, 2.05) is 6.07 Å². The molecule has 0 saturated carbocycles. The van der Waals surface area contributed by atoms with Crippen LogP contribution < -0.4 is 10.2 Å². The molecular formula is C26H14F9I2N3O2. The number of halogens is 11. The molecule has 1 atom stereocenters. The number of carbonyl (C=O) groups excluding carboxylic acids is 2. The molecule has 0 saturated heterocycles. The lowest BCUT2D eigenvalue weighted by molar-refractivity contribution is -0.389. The zero-order chi connectivity index (χ0) is 31.8. The second kappa shape index (κ2) is 11.9. The molecule has 0 spiro atoms. The van der Waals surface area contributed by atoms with E-state index in [4.69, 9.17) is 5.26 Å². The smallest absolute Gasteiger partial charge is 0.320 e. The van der Waals surface area contributed by atoms with Crippen LogP contribution in [0.15, 0.2) is 60.7 Å². The number of hydrogen-bond acceptors (Lipinski definition) is 3. The van der Waals surface area contributed by atoms with Crippen molar-refractivity contribution in [2.75, 3.05) is 17.3 Å². The number of amides is 2. The first-order chi connectivity index (χ1) is 19.3. The lowest BCUT2D eigenvalue weighted by atomic mass is 9.87. The SMILES string of the molecule is CN(C(=O)c1ccc(C#N)cc1)c1cccc(C(=O)Nc2c(I)cc(C(F)(C(F)(F)F)C(F)(F)C(F)(F)F)cc2I)c1. The number of rotatable bonds is 6. The van der Waals surface area contributed by atoms with Gasteiger partial charge in [0.15, 0.2) is 0 Å². The normalized spacial score (nSPS) is 13.6. The van der Waals surface area contributed by atoms with E-state index in [0.717, 1.165) is 0 Å². The number of hydrogen-bond donors (Lipinski definition) is 1. The first kappa shape index (κ1) is 33.4. The fourth-order valence-electron chi connectivity index (χ4n) is 3.65. The van der Waals surface area contributed by atoms with Gasteiger partial charge in [-0.2, -0.15) is 40.4 Å². The van der Waals surface area contributed by atoms with Crippen LogP contribution in [0.3, 0.4) is 0 Å². The third-order valence-corrected chi connectivity index (χ3v) is 7.62. The third kappa shape index (κ3) is 6.16. The van der Waals surface area contributed by atoms with Crippen molar-refractivity contribution in [2.24, 2.45) is 0 Å². The molecule has 1 N–H and O–H groups in total. The van der Waals surface area contributed by atoms with Crippen LogP contribution >= 0.6 is 45.2 Å². The average molecular weight is 825 g/mol. The quantitative estimate of drug-likeness (QED) is 0.201. The van der Waals surface area contributed by atoms with Crippen molar-refractivity contribution < 1.29 is 49.1 Å². The van der Waals surface area contributed by atoms with Crippen molar-refractivity contribution in [3.05, 3.63) is 90.1 Å². The number of nitriles is 1. The fraction of sp³-hybridized carbons (Fsp3) is 0.192. The predicted molar refractivity (Wildman–Crippen MR) is 150 cm³/mol. The number of benzene rings is 3. The Bertz CT molecular complexity index is 1550. The molecule has 3 aromatic rings. The summed E-state index contributed by atoms with van der Waals surface area (Å²) < 4.78 is 121. The molecule has 222 valence electrons. The molecule has 0 aliphatic carbocycles. The molecule has 2 amide bonds. The summed E-state index contributed by atoms with van der Waals surface area (Å²) in [6.07, 6.45) is -13.5. The van der Waals surface area contributed by atoms with Gasteiger partial charge in [0.25, 0.3) is 11.8 Å². The van der Waals surface area contributed by atoms with Gasteiger partial charge in [-0.25, -0.2) is 4.39 Å². The molecule has 42 heavy (non-hydrogen) atoms. The molecule has 3 rings (SSSR count). The highest BCUT2D eigenvalue weighted by atomic mass is 127. The average Bonchev–Trinajstić information content (AvgIpc) is 2.92. The maximum Gasteiger partial charge on any atom is 0.457 e. The Morgan fingerprint density at radius 1 is 0.810 bits per heavy atom. The second-order valence-corrected chi connectivity index (χ2v) is 10.9. The predicted octanol–water partition coefficient (Wildman–Crippen LogP) is 8.22. The van der Waals surface area contributed by atoms with E-state index in [2.05, 4.69) is 5.32 Å². The first-order valence-electron chi connectivity index (χ1n) is 11.2. The number of nitrogens with zero attached hydrogens (tertiary/aromatic N) is 2. The Morgan fingerprint density at radius 2 is 1.36 bits per heavy atom. The van der Waals surface area contributed by atoms with Gasteiger partial charge in [-0.05, 0) is 99.8 Å². The van der Waals surface area contributed by atoms with Crippen molar-refractivity contribution in [3.63, 3.8) is 0 Å². The van der Waals surface area contributed by atoms with Crippen LogP contribution in [0.2, 0.25) is 0 Å². The second-order valence-electron chi connectivity index (χ2n) is 8.60. The Kier molecular flexibility index (Phi) is 9.47. The van der Waals surface area contributed by atoms with E-state index < -0.39 is 48.5 Å². The number of anilines is 2. The molecule has 3 aromatic carbocycles. The summed E-state index contributed by atoms with van der Waals surface area (Å²) in [6.45, 7) is 0. The van der Waals surface area contributed by atoms with Gasteiger partial charge in [0.1, 0.15) is 0 Å². The third-order valence-electron chi connectivity index (χ3n) is 5.92. The van der Waals surface area contributed by atoms with Crippen LogP contribution in [-0.2, 0) is 5.67 Å². The van der Waals surface area contributed by atoms with Crippen LogP contribution in [0.25, 0.3) is 0 Å². The van der Waals surface area contributed by atoms with E-state index >= 15 is 0 Å². The van der Waals surface area contributed by atoms with Gasteiger partial charge in [0, 0.05) is 36.6 Å². The minimum absolute atomic E-state index is 0.0682. The summed E-state index contributed by atoms with van der Waals surface area (Å²) in [7, 11) is 1.41. The van der Waals surface area contributed by atoms with Gasteiger partial charge in [-0.1, -0.05) is 6.07 Å². The standard InChI is InChI=1S/C26H14F9I2N3O2/c1-40(22(42)14-7-5-13(12-38)6-8-14)17-4-2-3-15(9-17)21(41)39-20-18(36)10-16(11-19(20)37)23(27,25(30,31)32)24(28,29)26(33,34)35/h2-11H,1H3,(H,39,41). The molecule has 0 bridgehead atoms. The van der Waals surface area contributed by atoms with Gasteiger partial charge in [-0.15, -0.1) is 0 Å². The van der Waals surface area contributed by atoms with Crippen LogP contribution in [0, 0.1) is 18.5 Å². The van der Waals surface area contributed by atoms with Crippen LogP contribution in [0.5, 0.6) is 0 Å². The summed E-state index contributed by atoms with van der Waals surface area (Å²) in [5.74, 6) is -8.22. The molecule has 0 aliphatic heterocycles. The molecular weight excluding hydrogens is 811 g/mol. The minimum atomic E-state index is -6.87. The van der Waals surface area contributed by atoms with E-state index in [0.29, 0.717) is 5.56 Å². The highest BCUT2D eigenvalue weighted by Crippen LogP contribution is 2.58. The van der Waals surface area contributed by atoms with Crippen molar-refractivity contribution in [3.8, 4) is 6.07 Å². The monoisotopic (exact) mass is 825 g/mol. The summed E-state index contributed by atoms with van der Waals surface area (Å²) in [5, 5.41) is 11.2. The lowest BCUT2D eigenvalue weighted by Crippen LogP contribution is -2.59. The molecule has 0 radical (unpaired) electrons. The van der Waals surface area contributed by atoms with Gasteiger partial charge < -0.3 is 10.2 Å². The first-order valence-corrected chi connectivity index (χ1v) is 13.3. The Labute approximate surface area is 259 Å². The lowest BCUT2D eigenvalue weighted by Gasteiger charge is -2.36. The van der Waals surface area contributed by atoms with Gasteiger partial charge in [0.05, 0.1) is 17.3 Å². The van der Waals surface area contributed by atoms with Crippen LogP contribution in [0.4, 0.5) is 50.9 Å². The molecule has 1 unspecified atom stereocenters. The van der Waals surface area contributed by atoms with Crippen molar-refractivity contribution in [1.82, 2.24) is 0 Å². The van der Waals surface area contributed by atoms with E-state index in [1.54, 1.807) is 0 Å². The van der Waals surface area contributed by atoms with E-state index in [-0.39, 0.29) is 34.6 Å². The zero-order valence-corrected chi connectivity index (χ0v) is 25.0. The van der Waals surface area contributed by atoms with Crippen LogP contribution in [-0.4, -0.2) is 37.1 Å². The Hall–Kier alpha value is -3.08. The number of alkyl halides is 9.